The highest BCUT2D eigenvalue weighted by molar-refractivity contribution is 8.13. The van der Waals surface area contributed by atoms with Gasteiger partial charge in [-0.3, -0.25) is 9.32 Å². The number of thioether (sulfide) groups is 1. The maximum absolute atomic E-state index is 15.9. The molecule has 1 fully saturated rings. The zero-order chi connectivity index (χ0) is 35.9. The lowest BCUT2D eigenvalue weighted by Crippen LogP contribution is -2.27. The third kappa shape index (κ3) is 10.0. The average Bonchev–Trinajstić information content (AvgIpc) is 3.50. The van der Waals surface area contributed by atoms with Gasteiger partial charge in [-0.2, -0.15) is 17.6 Å². The van der Waals surface area contributed by atoms with Crippen LogP contribution in [0.5, 0.6) is 5.75 Å². The zero-order valence-electron chi connectivity index (χ0n) is 25.7. The van der Waals surface area contributed by atoms with E-state index >= 15 is 8.78 Å². The number of halogens is 7. The van der Waals surface area contributed by atoms with Gasteiger partial charge in [-0.15, -0.1) is 11.3 Å². The van der Waals surface area contributed by atoms with Crippen LogP contribution in [0.2, 0.25) is 0 Å². The second-order valence-corrected chi connectivity index (χ2v) is 14.5. The highest BCUT2D eigenvalue weighted by Gasteiger charge is 2.46. The van der Waals surface area contributed by atoms with E-state index in [0.29, 0.717) is 37.4 Å². The minimum Gasteiger partial charge on any atom is -0.431 e. The van der Waals surface area contributed by atoms with Gasteiger partial charge in [0.2, 0.25) is 41.6 Å². The summed E-state index contributed by atoms with van der Waals surface area (Å²) in [4.78, 5) is 36.3. The van der Waals surface area contributed by atoms with Crippen LogP contribution in [0.25, 0.3) is 10.1 Å². The van der Waals surface area contributed by atoms with Crippen LogP contribution >= 0.6 is 31.5 Å². The van der Waals surface area contributed by atoms with Gasteiger partial charge in [0.25, 0.3) is 8.38 Å². The van der Waals surface area contributed by atoms with Crippen molar-refractivity contribution in [1.82, 2.24) is 0 Å². The Hall–Kier alpha value is -3.02. The Bertz CT molecular complexity index is 1640. The number of hydrogen-bond acceptors (Lipinski definition) is 11. The second-order valence-electron chi connectivity index (χ2n) is 10.7. The zero-order valence-corrected chi connectivity index (χ0v) is 28.2. The molecule has 1 aromatic heterocycles. The normalized spacial score (nSPS) is 14.7. The standard InChI is InChI=1S/C30H28F7O9PS2/c1-15(2)11-21(38)48-10-9-43-47(44-14-42-29(40)45-18-5-7-41-8-6-18)30(36,37)17-3-4-19-16(12-17)13-20(49-19)28(39)46-27-25(34)23(32)22(31)24(33)26(27)35/h3-4,12-13,15,18H,5-11,14H2,1-2H3. The van der Waals surface area contributed by atoms with Crippen LogP contribution in [0.4, 0.5) is 35.5 Å². The number of ether oxygens (including phenoxy) is 4. The highest BCUT2D eigenvalue weighted by atomic mass is 32.2. The Morgan fingerprint density at radius 3 is 2.29 bits per heavy atom. The van der Waals surface area contributed by atoms with E-state index in [1.807, 2.05) is 13.8 Å². The molecule has 1 unspecified atom stereocenters. The fourth-order valence-corrected chi connectivity index (χ4v) is 7.25. The van der Waals surface area contributed by atoms with Gasteiger partial charge in [-0.05, 0) is 29.5 Å². The summed E-state index contributed by atoms with van der Waals surface area (Å²) in [5.74, 6) is -15.1. The quantitative estimate of drug-likeness (QED) is 0.0231. The molecule has 0 amide bonds. The van der Waals surface area contributed by atoms with Gasteiger partial charge in [0, 0.05) is 35.3 Å². The molecule has 0 bridgehead atoms. The molecule has 2 aromatic carbocycles. The summed E-state index contributed by atoms with van der Waals surface area (Å²) in [6.45, 7) is 3.15. The molecule has 9 nitrogen and oxygen atoms in total. The summed E-state index contributed by atoms with van der Waals surface area (Å²) < 4.78 is 131. The van der Waals surface area contributed by atoms with Crippen molar-refractivity contribution in [1.29, 1.82) is 0 Å². The van der Waals surface area contributed by atoms with Crippen LogP contribution in [0.15, 0.2) is 24.3 Å². The van der Waals surface area contributed by atoms with Gasteiger partial charge in [-0.1, -0.05) is 31.7 Å². The van der Waals surface area contributed by atoms with Crippen molar-refractivity contribution in [2.75, 3.05) is 32.4 Å². The van der Waals surface area contributed by atoms with Crippen LogP contribution in [0.3, 0.4) is 0 Å². The van der Waals surface area contributed by atoms with E-state index in [0.717, 1.165) is 30.0 Å². The first-order valence-corrected chi connectivity index (χ1v) is 17.4. The lowest BCUT2D eigenvalue weighted by Gasteiger charge is -2.26. The van der Waals surface area contributed by atoms with E-state index in [9.17, 15) is 36.3 Å². The Morgan fingerprint density at radius 2 is 1.63 bits per heavy atom. The Morgan fingerprint density at radius 1 is 0.980 bits per heavy atom. The molecule has 2 heterocycles. The molecule has 0 aliphatic carbocycles. The molecule has 0 saturated carbocycles. The lowest BCUT2D eigenvalue weighted by atomic mass is 10.1. The van der Waals surface area contributed by atoms with Crippen molar-refractivity contribution in [3.05, 3.63) is 63.8 Å². The predicted molar refractivity (Wildman–Crippen MR) is 164 cm³/mol. The minimum atomic E-state index is -3.87. The van der Waals surface area contributed by atoms with E-state index in [1.54, 1.807) is 0 Å². The number of carbonyl (C=O) groups is 3. The molecule has 0 N–H and O–H groups in total. The van der Waals surface area contributed by atoms with E-state index in [1.165, 1.54) is 6.07 Å². The molecule has 19 heteroatoms. The molecule has 1 aliphatic rings. The van der Waals surface area contributed by atoms with Crippen LogP contribution < -0.4 is 4.74 Å². The van der Waals surface area contributed by atoms with Crippen molar-refractivity contribution in [2.45, 2.75) is 44.9 Å². The number of fused-ring (bicyclic) bond motifs is 1. The van der Waals surface area contributed by atoms with Gasteiger partial charge in [0.1, 0.15) is 11.0 Å². The fraction of sp³-hybridized carbons (Fsp3) is 0.433. The van der Waals surface area contributed by atoms with Gasteiger partial charge in [-0.25, -0.2) is 22.8 Å². The van der Waals surface area contributed by atoms with Crippen molar-refractivity contribution >= 4 is 58.8 Å². The number of thiophene rings is 1. The Kier molecular flexibility index (Phi) is 13.7. The van der Waals surface area contributed by atoms with Gasteiger partial charge in [0.05, 0.1) is 19.8 Å². The summed E-state index contributed by atoms with van der Waals surface area (Å²) in [5, 5.41) is -0.139. The van der Waals surface area contributed by atoms with E-state index < -0.39 is 84.3 Å². The van der Waals surface area contributed by atoms with Crippen LogP contribution in [-0.2, 0) is 33.7 Å². The number of alkyl halides is 2. The summed E-state index contributed by atoms with van der Waals surface area (Å²) >= 11 is 1.53. The molecule has 0 spiro atoms. The molecule has 4 rings (SSSR count). The minimum absolute atomic E-state index is 0.0209. The molecule has 1 saturated heterocycles. The van der Waals surface area contributed by atoms with Crippen molar-refractivity contribution < 1.29 is 73.1 Å². The number of benzene rings is 2. The number of hydrogen-bond donors (Lipinski definition) is 0. The van der Waals surface area contributed by atoms with Crippen molar-refractivity contribution in [3.63, 3.8) is 0 Å². The van der Waals surface area contributed by atoms with E-state index in [4.69, 9.17) is 23.3 Å². The number of carbonyl (C=O) groups excluding carboxylic acids is 3. The van der Waals surface area contributed by atoms with Crippen LogP contribution in [0, 0.1) is 35.0 Å². The molecular formula is C30H28F7O9PS2. The monoisotopic (exact) mass is 760 g/mol. The van der Waals surface area contributed by atoms with E-state index in [-0.39, 0.29) is 39.9 Å². The van der Waals surface area contributed by atoms with Gasteiger partial charge < -0.3 is 23.5 Å². The summed E-state index contributed by atoms with van der Waals surface area (Å²) in [7, 11) is -3.17. The van der Waals surface area contributed by atoms with E-state index in [2.05, 4.69) is 4.74 Å². The maximum atomic E-state index is 15.9. The molecule has 1 aliphatic heterocycles. The average molecular weight is 761 g/mol. The largest absolute Gasteiger partial charge is 0.510 e. The van der Waals surface area contributed by atoms with Gasteiger partial charge in [0.15, 0.2) is 5.12 Å². The first-order chi connectivity index (χ1) is 23.2. The second kappa shape index (κ2) is 17.3. The smallest absolute Gasteiger partial charge is 0.431 e. The third-order valence-corrected chi connectivity index (χ3v) is 10.00. The fourth-order valence-electron chi connectivity index (χ4n) is 4.21. The molecule has 3 aromatic rings. The first kappa shape index (κ1) is 38.8. The third-order valence-electron chi connectivity index (χ3n) is 6.57. The Labute approximate surface area is 284 Å². The lowest BCUT2D eigenvalue weighted by molar-refractivity contribution is -0.111. The summed E-state index contributed by atoms with van der Waals surface area (Å²) in [5.41, 5.74) is -4.54. The number of esters is 1. The first-order valence-electron chi connectivity index (χ1n) is 14.5. The van der Waals surface area contributed by atoms with Crippen molar-refractivity contribution in [2.24, 2.45) is 5.92 Å². The maximum Gasteiger partial charge on any atom is 0.510 e. The molecule has 0 radical (unpaired) electrons. The summed E-state index contributed by atoms with van der Waals surface area (Å²) in [6.07, 6.45) is -0.495. The summed E-state index contributed by atoms with van der Waals surface area (Å²) in [6, 6.07) is 4.16. The molecular weight excluding hydrogens is 732 g/mol. The van der Waals surface area contributed by atoms with Gasteiger partial charge >= 0.3 is 17.8 Å². The topological polar surface area (TPSA) is 107 Å². The predicted octanol–water partition coefficient (Wildman–Crippen LogP) is 8.81. The highest BCUT2D eigenvalue weighted by Crippen LogP contribution is 2.60. The SMILES string of the molecule is CC(C)CC(=O)SCCOP(OCOC(=O)OC1CCOCC1)C(F)(F)c1ccc2sc(C(=O)Oc3c(F)c(F)c(F)c(F)c3F)cc2c1. The molecule has 1 atom stereocenters. The number of rotatable bonds is 14. The molecule has 49 heavy (non-hydrogen) atoms. The molecule has 268 valence electrons. The van der Waals surface area contributed by atoms with Crippen LogP contribution in [0.1, 0.15) is 48.3 Å². The Balaban J connectivity index is 1.49. The van der Waals surface area contributed by atoms with Crippen molar-refractivity contribution in [3.8, 4) is 5.75 Å². The van der Waals surface area contributed by atoms with Crippen LogP contribution in [-0.4, -0.2) is 55.7 Å².